The topological polar surface area (TPSA) is 31.2 Å². The summed E-state index contributed by atoms with van der Waals surface area (Å²) in [6, 6.07) is 108. The van der Waals surface area contributed by atoms with E-state index in [1.165, 1.54) is 54.6 Å². The summed E-state index contributed by atoms with van der Waals surface area (Å²) in [6.45, 7) is 0. The molecule has 3 heterocycles. The Hall–Kier alpha value is -11.0. The van der Waals surface area contributed by atoms with Gasteiger partial charge in [0.1, 0.15) is 22.3 Å². The fraction of sp³-hybridized carbons (Fsp3) is 0. The fourth-order valence-electron chi connectivity index (χ4n) is 13.4. The Balaban J connectivity index is 0.861. The van der Waals surface area contributed by atoms with Crippen LogP contribution >= 0.6 is 0 Å². The number of fused-ring (bicyclic) bond motifs is 11. The van der Waals surface area contributed by atoms with Gasteiger partial charge in [-0.05, 0) is 108 Å². The molecule has 0 saturated heterocycles. The lowest BCUT2D eigenvalue weighted by Crippen LogP contribution is -1.95. The summed E-state index contributed by atoms with van der Waals surface area (Å²) in [6.07, 6.45) is 0. The minimum atomic E-state index is 0.878. The molecule has 0 aliphatic heterocycles. The van der Waals surface area contributed by atoms with E-state index in [4.69, 9.17) is 8.83 Å². The molecule has 0 fully saturated rings. The van der Waals surface area contributed by atoms with Crippen LogP contribution in [0.15, 0.2) is 306 Å². The van der Waals surface area contributed by atoms with Crippen molar-refractivity contribution in [1.29, 1.82) is 0 Å². The van der Waals surface area contributed by atoms with E-state index in [1.54, 1.807) is 0 Å². The molecule has 0 unspecified atom stereocenters. The minimum Gasteiger partial charge on any atom is -0.455 e. The van der Waals surface area contributed by atoms with Gasteiger partial charge in [0.2, 0.25) is 0 Å². The van der Waals surface area contributed by atoms with E-state index in [1.807, 2.05) is 0 Å². The molecule has 0 aliphatic rings. The van der Waals surface area contributed by atoms with Crippen LogP contribution in [0.5, 0.6) is 0 Å². The van der Waals surface area contributed by atoms with E-state index in [9.17, 15) is 0 Å². The summed E-state index contributed by atoms with van der Waals surface area (Å²) in [5, 5.41) is 11.7. The van der Waals surface area contributed by atoms with Crippen LogP contribution in [0.4, 0.5) is 0 Å². The van der Waals surface area contributed by atoms with Gasteiger partial charge in [0.25, 0.3) is 0 Å². The van der Waals surface area contributed by atoms with Gasteiger partial charge >= 0.3 is 0 Å². The van der Waals surface area contributed by atoms with Crippen molar-refractivity contribution in [2.45, 2.75) is 0 Å². The van der Waals surface area contributed by atoms with Gasteiger partial charge in [-0.15, -0.1) is 0 Å². The maximum atomic E-state index is 7.01. The average Bonchev–Trinajstić information content (AvgIpc) is 4.44. The molecule has 3 heteroatoms. The second kappa shape index (κ2) is 18.8. The van der Waals surface area contributed by atoms with Crippen molar-refractivity contribution in [3.63, 3.8) is 0 Å². The van der Waals surface area contributed by atoms with E-state index in [0.717, 1.165) is 116 Å². The molecule has 386 valence electrons. The Morgan fingerprint density at radius 3 is 0.952 bits per heavy atom. The van der Waals surface area contributed by atoms with Gasteiger partial charge in [-0.25, -0.2) is 0 Å². The molecule has 3 aromatic heterocycles. The van der Waals surface area contributed by atoms with E-state index in [-0.39, 0.29) is 0 Å². The first kappa shape index (κ1) is 46.9. The molecule has 0 amide bonds. The molecule has 0 saturated carbocycles. The molecule has 83 heavy (non-hydrogen) atoms. The van der Waals surface area contributed by atoms with E-state index in [0.29, 0.717) is 0 Å². The van der Waals surface area contributed by atoms with E-state index >= 15 is 0 Å². The number of hydrogen-bond acceptors (Lipinski definition) is 2. The van der Waals surface area contributed by atoms with Crippen LogP contribution in [0.25, 0.3) is 171 Å². The van der Waals surface area contributed by atoms with Gasteiger partial charge in [-0.2, -0.15) is 0 Å². The molecular weight excluding hydrogens is 1010 g/mol. The Kier molecular flexibility index (Phi) is 10.6. The largest absolute Gasteiger partial charge is 0.455 e. The number of rotatable bonds is 8. The highest BCUT2D eigenvalue weighted by Gasteiger charge is 2.22. The van der Waals surface area contributed by atoms with Crippen LogP contribution in [0.3, 0.4) is 0 Å². The minimum absolute atomic E-state index is 0.878. The quantitative estimate of drug-likeness (QED) is 0.142. The van der Waals surface area contributed by atoms with Crippen molar-refractivity contribution in [3.8, 4) is 83.6 Å². The molecule has 3 nitrogen and oxygen atoms in total. The zero-order chi connectivity index (χ0) is 54.5. The van der Waals surface area contributed by atoms with E-state index < -0.39 is 0 Å². The second-order valence-electron chi connectivity index (χ2n) is 21.8. The summed E-state index contributed by atoms with van der Waals surface area (Å²) in [7, 11) is 0. The first-order chi connectivity index (χ1) is 41.2. The Morgan fingerprint density at radius 2 is 0.518 bits per heavy atom. The highest BCUT2D eigenvalue weighted by atomic mass is 16.3. The summed E-state index contributed by atoms with van der Waals surface area (Å²) >= 11 is 0. The number of nitrogens with zero attached hydrogens (tertiary/aromatic N) is 1. The molecular formula is C80H49NO2. The predicted octanol–water partition coefficient (Wildman–Crippen LogP) is 22.6. The molecule has 0 atom stereocenters. The van der Waals surface area contributed by atoms with Gasteiger partial charge in [-0.3, -0.25) is 0 Å². The average molecular weight is 1060 g/mol. The van der Waals surface area contributed by atoms with Crippen molar-refractivity contribution in [2.75, 3.05) is 0 Å². The van der Waals surface area contributed by atoms with Crippen LogP contribution < -0.4 is 0 Å². The lowest BCUT2D eigenvalue weighted by atomic mass is 9.85. The van der Waals surface area contributed by atoms with Crippen molar-refractivity contribution in [2.24, 2.45) is 0 Å². The predicted molar refractivity (Wildman–Crippen MR) is 348 cm³/mol. The van der Waals surface area contributed by atoms with Gasteiger partial charge in [0, 0.05) is 60.3 Å². The Morgan fingerprint density at radius 1 is 0.193 bits per heavy atom. The molecule has 0 spiro atoms. The maximum absolute atomic E-state index is 7.01. The zero-order valence-corrected chi connectivity index (χ0v) is 45.1. The van der Waals surface area contributed by atoms with Gasteiger partial charge in [0.15, 0.2) is 0 Å². The van der Waals surface area contributed by atoms with Crippen LogP contribution in [0.1, 0.15) is 0 Å². The molecule has 0 radical (unpaired) electrons. The van der Waals surface area contributed by atoms with E-state index in [2.05, 4.69) is 302 Å². The first-order valence-corrected chi connectivity index (χ1v) is 28.5. The van der Waals surface area contributed by atoms with Crippen LogP contribution in [-0.2, 0) is 0 Å². The summed E-state index contributed by atoms with van der Waals surface area (Å²) in [5.41, 5.74) is 22.7. The third-order valence-electron chi connectivity index (χ3n) is 17.2. The Labute approximate surface area is 478 Å². The van der Waals surface area contributed by atoms with Crippen molar-refractivity contribution < 1.29 is 8.83 Å². The summed E-state index contributed by atoms with van der Waals surface area (Å²) in [5.74, 6) is 0. The van der Waals surface area contributed by atoms with Gasteiger partial charge in [-0.1, -0.05) is 267 Å². The van der Waals surface area contributed by atoms with Crippen molar-refractivity contribution in [3.05, 3.63) is 297 Å². The molecule has 0 bridgehead atoms. The van der Waals surface area contributed by atoms with Crippen LogP contribution in [-0.4, -0.2) is 4.57 Å². The first-order valence-electron chi connectivity index (χ1n) is 28.5. The van der Waals surface area contributed by atoms with Crippen LogP contribution in [0.2, 0.25) is 0 Å². The van der Waals surface area contributed by atoms with Crippen molar-refractivity contribution in [1.82, 2.24) is 4.57 Å². The molecule has 17 rings (SSSR count). The number of para-hydroxylation sites is 4. The van der Waals surface area contributed by atoms with Crippen LogP contribution in [0, 0.1) is 0 Å². The summed E-state index contributed by atoms with van der Waals surface area (Å²) < 4.78 is 16.5. The second-order valence-corrected chi connectivity index (χ2v) is 21.8. The number of benzene rings is 14. The third kappa shape index (κ3) is 7.45. The molecule has 0 N–H and O–H groups in total. The Bertz CT molecular complexity index is 5190. The highest BCUT2D eigenvalue weighted by molar-refractivity contribution is 6.22. The monoisotopic (exact) mass is 1060 g/mol. The molecule has 17 aromatic rings. The SMILES string of the molecule is c1ccc(-c2c3ccccc3c(-c3ccccc3)c3cc(-c4ccc(-n5c6cc(-c7cccc8c7oc7c(-c9ccccc9)cccc78)ccc6c6ccc(-c7cccc8c7oc7c(-c9ccccc9)cccc78)cc65)cc4)ccc23)cc1. The zero-order valence-electron chi connectivity index (χ0n) is 45.1. The van der Waals surface area contributed by atoms with Crippen molar-refractivity contribution >= 4 is 87.2 Å². The summed E-state index contributed by atoms with van der Waals surface area (Å²) in [4.78, 5) is 0. The molecule has 0 aliphatic carbocycles. The fourth-order valence-corrected chi connectivity index (χ4v) is 13.4. The highest BCUT2D eigenvalue weighted by Crippen LogP contribution is 2.47. The number of furan rings is 2. The third-order valence-corrected chi connectivity index (χ3v) is 17.2. The van der Waals surface area contributed by atoms with Gasteiger partial charge < -0.3 is 13.4 Å². The standard InChI is InChI=1S/C80H49NO2/c1-5-19-51(20-6-1)59-29-15-33-68-70-35-17-31-61(79(70)82-77(59)68)56-40-44-63-64-45-41-57(62-32-18-36-71-69-34-16-30-60(78(69)83-80(62)71)52-21-7-2-8-22-52)49-74(64)81(73(63)48-56)58-42-37-50(38-43-58)55-39-46-67-72(47-55)76(54-25-11-4-12-26-54)66-28-14-13-27-65(66)75(67)53-23-9-3-10-24-53/h1-49H. The lowest BCUT2D eigenvalue weighted by Gasteiger charge is -2.19. The number of hydrogen-bond donors (Lipinski definition) is 0. The normalized spacial score (nSPS) is 11.9. The maximum Gasteiger partial charge on any atom is 0.143 e. The number of aromatic nitrogens is 1. The molecule has 14 aromatic carbocycles. The van der Waals surface area contributed by atoms with Gasteiger partial charge in [0.05, 0.1) is 11.0 Å². The smallest absolute Gasteiger partial charge is 0.143 e. The lowest BCUT2D eigenvalue weighted by molar-refractivity contribution is 0.670.